The van der Waals surface area contributed by atoms with Gasteiger partial charge < -0.3 is 5.11 Å². The third kappa shape index (κ3) is 2.81. The molecule has 92 valence electrons. The molecule has 18 heavy (non-hydrogen) atoms. The third-order valence-corrected chi connectivity index (χ3v) is 3.23. The van der Waals surface area contributed by atoms with Crippen LogP contribution in [-0.4, -0.2) is 16.1 Å². The summed E-state index contributed by atoms with van der Waals surface area (Å²) in [5.74, 6) is -1.29. The Morgan fingerprint density at radius 3 is 2.61 bits per heavy atom. The third-order valence-electron chi connectivity index (χ3n) is 2.26. The first-order valence-electron chi connectivity index (χ1n) is 5.20. The molecule has 1 N–H and O–H groups in total. The zero-order chi connectivity index (χ0) is 13.1. The molecule has 0 saturated heterocycles. The largest absolute Gasteiger partial charge is 0.477 e. The standard InChI is InChI=1S/C13H10FNO2S/c1-8-15-11(12(18-8)13(16)17)7-4-9-2-5-10(14)6-3-9/h2-7H,1H3,(H,16,17)/b7-4+. The van der Waals surface area contributed by atoms with E-state index < -0.39 is 5.97 Å². The number of aromatic nitrogens is 1. The summed E-state index contributed by atoms with van der Waals surface area (Å²) in [6, 6.07) is 5.94. The van der Waals surface area contributed by atoms with Crippen LogP contribution in [0.2, 0.25) is 0 Å². The summed E-state index contributed by atoms with van der Waals surface area (Å²) in [6.07, 6.45) is 3.33. The highest BCUT2D eigenvalue weighted by molar-refractivity contribution is 7.13. The van der Waals surface area contributed by atoms with E-state index in [1.807, 2.05) is 0 Å². The molecule has 0 spiro atoms. The maximum Gasteiger partial charge on any atom is 0.348 e. The zero-order valence-electron chi connectivity index (χ0n) is 9.55. The number of carboxylic acid groups (broad SMARTS) is 1. The summed E-state index contributed by atoms with van der Waals surface area (Å²) in [5.41, 5.74) is 1.22. The van der Waals surface area contributed by atoms with Crippen molar-refractivity contribution >= 4 is 29.5 Å². The lowest BCUT2D eigenvalue weighted by atomic mass is 10.2. The molecule has 0 aliphatic carbocycles. The van der Waals surface area contributed by atoms with Crippen LogP contribution in [-0.2, 0) is 0 Å². The van der Waals surface area contributed by atoms with Gasteiger partial charge in [0.25, 0.3) is 0 Å². The van der Waals surface area contributed by atoms with Crippen LogP contribution < -0.4 is 0 Å². The first-order valence-corrected chi connectivity index (χ1v) is 6.02. The van der Waals surface area contributed by atoms with Crippen molar-refractivity contribution in [3.63, 3.8) is 0 Å². The van der Waals surface area contributed by atoms with Crippen molar-refractivity contribution < 1.29 is 14.3 Å². The van der Waals surface area contributed by atoms with Gasteiger partial charge in [-0.05, 0) is 30.7 Å². The summed E-state index contributed by atoms with van der Waals surface area (Å²) in [4.78, 5) is 15.3. The van der Waals surface area contributed by atoms with E-state index in [4.69, 9.17) is 5.11 Å². The minimum absolute atomic E-state index is 0.214. The van der Waals surface area contributed by atoms with Gasteiger partial charge in [0.2, 0.25) is 0 Å². The molecule has 3 nitrogen and oxygen atoms in total. The molecular formula is C13H10FNO2S. The molecule has 2 aromatic rings. The van der Waals surface area contributed by atoms with Crippen LogP contribution in [0, 0.1) is 12.7 Å². The first kappa shape index (κ1) is 12.4. The van der Waals surface area contributed by atoms with Gasteiger partial charge in [0.15, 0.2) is 0 Å². The Kier molecular flexibility index (Phi) is 3.53. The molecule has 5 heteroatoms. The number of nitrogens with zero attached hydrogens (tertiary/aromatic N) is 1. The second kappa shape index (κ2) is 5.10. The van der Waals surface area contributed by atoms with E-state index in [0.29, 0.717) is 10.7 Å². The number of carbonyl (C=O) groups is 1. The molecule has 0 unspecified atom stereocenters. The lowest BCUT2D eigenvalue weighted by Crippen LogP contribution is -1.94. The average molecular weight is 263 g/mol. The SMILES string of the molecule is Cc1nc(/C=C/c2ccc(F)cc2)c(C(=O)O)s1. The Morgan fingerprint density at radius 2 is 2.00 bits per heavy atom. The average Bonchev–Trinajstić information content (AvgIpc) is 2.70. The van der Waals surface area contributed by atoms with Gasteiger partial charge in [-0.2, -0.15) is 0 Å². The van der Waals surface area contributed by atoms with E-state index in [1.165, 1.54) is 12.1 Å². The Bertz CT molecular complexity index is 602. The van der Waals surface area contributed by atoms with E-state index in [-0.39, 0.29) is 10.7 Å². The fraction of sp³-hybridized carbons (Fsp3) is 0.0769. The predicted molar refractivity (Wildman–Crippen MR) is 69.1 cm³/mol. The molecule has 1 heterocycles. The fourth-order valence-electron chi connectivity index (χ4n) is 1.46. The zero-order valence-corrected chi connectivity index (χ0v) is 10.4. The number of aryl methyl sites for hydroxylation is 1. The number of halogens is 1. The van der Waals surface area contributed by atoms with Crippen LogP contribution in [0.25, 0.3) is 12.2 Å². The molecule has 0 aliphatic heterocycles. The van der Waals surface area contributed by atoms with Crippen LogP contribution in [0.5, 0.6) is 0 Å². The summed E-state index contributed by atoms with van der Waals surface area (Å²) in [5, 5.41) is 9.70. The number of thiazole rings is 1. The van der Waals surface area contributed by atoms with Crippen molar-refractivity contribution in [1.82, 2.24) is 4.98 Å². The Morgan fingerprint density at radius 1 is 1.33 bits per heavy atom. The Balaban J connectivity index is 2.28. The quantitative estimate of drug-likeness (QED) is 0.922. The molecule has 0 fully saturated rings. The van der Waals surface area contributed by atoms with Crippen LogP contribution in [0.15, 0.2) is 24.3 Å². The fourth-order valence-corrected chi connectivity index (χ4v) is 2.20. The van der Waals surface area contributed by atoms with Gasteiger partial charge in [-0.3, -0.25) is 0 Å². The van der Waals surface area contributed by atoms with E-state index in [9.17, 15) is 9.18 Å². The molecular weight excluding hydrogens is 253 g/mol. The number of aromatic carboxylic acids is 1. The smallest absolute Gasteiger partial charge is 0.348 e. The highest BCUT2D eigenvalue weighted by atomic mass is 32.1. The van der Waals surface area contributed by atoms with E-state index in [2.05, 4.69) is 4.98 Å². The second-order valence-corrected chi connectivity index (χ2v) is 4.84. The van der Waals surface area contributed by atoms with Crippen molar-refractivity contribution in [1.29, 1.82) is 0 Å². The van der Waals surface area contributed by atoms with Crippen molar-refractivity contribution in [2.24, 2.45) is 0 Å². The van der Waals surface area contributed by atoms with Crippen LogP contribution in [0.1, 0.15) is 25.9 Å². The lowest BCUT2D eigenvalue weighted by Gasteiger charge is -1.93. The number of carboxylic acids is 1. The summed E-state index contributed by atoms with van der Waals surface area (Å²) in [6.45, 7) is 1.76. The molecule has 0 bridgehead atoms. The minimum atomic E-state index is -0.987. The van der Waals surface area contributed by atoms with E-state index in [0.717, 1.165) is 16.9 Å². The molecule has 1 aromatic carbocycles. The highest BCUT2D eigenvalue weighted by Crippen LogP contribution is 2.20. The summed E-state index contributed by atoms with van der Waals surface area (Å²) in [7, 11) is 0. The number of benzene rings is 1. The van der Waals surface area contributed by atoms with Crippen molar-refractivity contribution in [2.45, 2.75) is 6.92 Å². The lowest BCUT2D eigenvalue weighted by molar-refractivity contribution is 0.0701. The number of hydrogen-bond donors (Lipinski definition) is 1. The van der Waals surface area contributed by atoms with Gasteiger partial charge >= 0.3 is 5.97 Å². The molecule has 0 atom stereocenters. The van der Waals surface area contributed by atoms with Crippen LogP contribution >= 0.6 is 11.3 Å². The van der Waals surface area contributed by atoms with Gasteiger partial charge in [0.05, 0.1) is 10.7 Å². The molecule has 2 rings (SSSR count). The number of rotatable bonds is 3. The minimum Gasteiger partial charge on any atom is -0.477 e. The molecule has 0 aliphatic rings. The van der Waals surface area contributed by atoms with E-state index in [1.54, 1.807) is 31.2 Å². The monoisotopic (exact) mass is 263 g/mol. The van der Waals surface area contributed by atoms with Gasteiger partial charge in [-0.15, -0.1) is 11.3 Å². The molecule has 0 amide bonds. The van der Waals surface area contributed by atoms with Crippen LogP contribution in [0.3, 0.4) is 0 Å². The molecule has 0 saturated carbocycles. The summed E-state index contributed by atoms with van der Waals surface area (Å²) >= 11 is 1.14. The highest BCUT2D eigenvalue weighted by Gasteiger charge is 2.13. The molecule has 0 radical (unpaired) electrons. The van der Waals surface area contributed by atoms with Crippen molar-refractivity contribution in [3.05, 3.63) is 51.2 Å². The van der Waals surface area contributed by atoms with Crippen LogP contribution in [0.4, 0.5) is 4.39 Å². The normalized spacial score (nSPS) is 11.0. The van der Waals surface area contributed by atoms with E-state index >= 15 is 0 Å². The topological polar surface area (TPSA) is 50.2 Å². The molecule has 1 aromatic heterocycles. The maximum absolute atomic E-state index is 12.7. The van der Waals surface area contributed by atoms with Gasteiger partial charge in [0, 0.05) is 0 Å². The Hall–Kier alpha value is -2.01. The van der Waals surface area contributed by atoms with Crippen molar-refractivity contribution in [2.75, 3.05) is 0 Å². The summed E-state index contributed by atoms with van der Waals surface area (Å²) < 4.78 is 12.7. The predicted octanol–water partition coefficient (Wildman–Crippen LogP) is 3.46. The first-order chi connectivity index (χ1) is 8.56. The van der Waals surface area contributed by atoms with Gasteiger partial charge in [-0.25, -0.2) is 14.2 Å². The van der Waals surface area contributed by atoms with Crippen molar-refractivity contribution in [3.8, 4) is 0 Å². The van der Waals surface area contributed by atoms with Gasteiger partial charge in [0.1, 0.15) is 10.7 Å². The maximum atomic E-state index is 12.7. The Labute approximate surface area is 107 Å². The second-order valence-electron chi connectivity index (χ2n) is 3.64. The number of hydrogen-bond acceptors (Lipinski definition) is 3. The van der Waals surface area contributed by atoms with Gasteiger partial charge in [-0.1, -0.05) is 18.2 Å².